The van der Waals surface area contributed by atoms with Gasteiger partial charge in [-0.1, -0.05) is 0 Å². The third kappa shape index (κ3) is 8.32. The molecule has 0 aliphatic heterocycles. The summed E-state index contributed by atoms with van der Waals surface area (Å²) < 4.78 is 16.8. The van der Waals surface area contributed by atoms with Gasteiger partial charge in [0.25, 0.3) is 0 Å². The van der Waals surface area contributed by atoms with Crippen LogP contribution in [-0.4, -0.2) is 37.6 Å². The Morgan fingerprint density at radius 2 is 1.50 bits per heavy atom. The molecule has 4 heteroatoms. The van der Waals surface area contributed by atoms with Crippen LogP contribution in [0.2, 0.25) is 13.3 Å². The van der Waals surface area contributed by atoms with Gasteiger partial charge < -0.3 is 0 Å². The summed E-state index contributed by atoms with van der Waals surface area (Å²) in [7, 11) is 0. The molecule has 0 radical (unpaired) electrons. The first-order chi connectivity index (χ1) is 12.6. The van der Waals surface area contributed by atoms with E-state index >= 15 is 0 Å². The van der Waals surface area contributed by atoms with E-state index in [-0.39, 0.29) is 5.97 Å². The first-order valence-corrected chi connectivity index (χ1v) is 17.9. The zero-order valence-corrected chi connectivity index (χ0v) is 20.2. The van der Waals surface area contributed by atoms with E-state index in [1.165, 1.54) is 58.8 Å². The molecule has 0 unspecified atom stereocenters. The van der Waals surface area contributed by atoms with Crippen molar-refractivity contribution < 1.29 is 14.3 Å². The van der Waals surface area contributed by atoms with E-state index < -0.39 is 18.4 Å². The van der Waals surface area contributed by atoms with Crippen LogP contribution >= 0.6 is 0 Å². The molecule has 0 atom stereocenters. The summed E-state index contributed by atoms with van der Waals surface area (Å²) in [5.74, 6) is 0.677. The molecular formula is C22H38O3Sn. The maximum absolute atomic E-state index is 10.9. The molecule has 0 bridgehead atoms. The average Bonchev–Trinajstić information content (AvgIpc) is 2.65. The first kappa shape index (κ1) is 23.3. The molecule has 1 aromatic rings. The fourth-order valence-corrected chi connectivity index (χ4v) is 19.6. The number of carbonyl (C=O) groups excluding carboxylic acids is 1. The standard InChI is InChI=1S/C10H11O3.3C4H9.Sn/c1-9(11)12-7-8-13-10-5-3-2-4-6-10;3*1-3-4-2;/h2-3,5-6H,7-8H2,1H3;3*1,3-4H2,2H3;. The van der Waals surface area contributed by atoms with Crippen LogP contribution in [0.1, 0.15) is 66.2 Å². The molecule has 3 nitrogen and oxygen atoms in total. The number of esters is 1. The second kappa shape index (κ2) is 13.5. The molecule has 0 amide bonds. The number of hydrogen-bond acceptors (Lipinski definition) is 3. The van der Waals surface area contributed by atoms with Crippen LogP contribution in [0.4, 0.5) is 0 Å². The molecule has 0 aliphatic rings. The molecular weight excluding hydrogens is 431 g/mol. The zero-order valence-electron chi connectivity index (χ0n) is 17.3. The summed E-state index contributed by atoms with van der Waals surface area (Å²) in [5.41, 5.74) is 0. The molecule has 0 N–H and O–H groups in total. The van der Waals surface area contributed by atoms with Gasteiger partial charge in [-0.15, -0.1) is 0 Å². The topological polar surface area (TPSA) is 35.5 Å². The van der Waals surface area contributed by atoms with E-state index in [1.807, 2.05) is 6.07 Å². The third-order valence-corrected chi connectivity index (χ3v) is 20.7. The van der Waals surface area contributed by atoms with E-state index in [4.69, 9.17) is 9.47 Å². The van der Waals surface area contributed by atoms with Crippen molar-refractivity contribution in [2.75, 3.05) is 13.2 Å². The Morgan fingerprint density at radius 3 is 2.00 bits per heavy atom. The van der Waals surface area contributed by atoms with E-state index in [2.05, 4.69) is 39.0 Å². The summed E-state index contributed by atoms with van der Waals surface area (Å²) in [4.78, 5) is 10.9. The van der Waals surface area contributed by atoms with Gasteiger partial charge in [-0.3, -0.25) is 0 Å². The van der Waals surface area contributed by atoms with Crippen LogP contribution < -0.4 is 8.32 Å². The Kier molecular flexibility index (Phi) is 12.1. The quantitative estimate of drug-likeness (QED) is 0.200. The summed E-state index contributed by atoms with van der Waals surface area (Å²) in [6.45, 7) is 9.10. The predicted octanol–water partition coefficient (Wildman–Crippen LogP) is 5.68. The Hall–Kier alpha value is -0.711. The van der Waals surface area contributed by atoms with Gasteiger partial charge in [0.1, 0.15) is 0 Å². The van der Waals surface area contributed by atoms with Gasteiger partial charge in [0.2, 0.25) is 0 Å². The normalized spacial score (nSPS) is 11.4. The second-order valence-electron chi connectivity index (χ2n) is 7.31. The van der Waals surface area contributed by atoms with Crippen LogP contribution in [0.25, 0.3) is 0 Å². The second-order valence-corrected chi connectivity index (χ2v) is 20.5. The van der Waals surface area contributed by atoms with Crippen LogP contribution in [0.5, 0.6) is 5.75 Å². The van der Waals surface area contributed by atoms with Crippen LogP contribution in [0, 0.1) is 0 Å². The predicted molar refractivity (Wildman–Crippen MR) is 113 cm³/mol. The molecule has 0 fully saturated rings. The Morgan fingerprint density at radius 1 is 0.923 bits per heavy atom. The van der Waals surface area contributed by atoms with Crippen molar-refractivity contribution in [3.63, 3.8) is 0 Å². The number of carbonyl (C=O) groups is 1. The third-order valence-electron chi connectivity index (χ3n) is 5.13. The molecule has 0 heterocycles. The fourth-order valence-electron chi connectivity index (χ4n) is 3.61. The number of ether oxygens (including phenoxy) is 2. The van der Waals surface area contributed by atoms with E-state index in [9.17, 15) is 4.79 Å². The van der Waals surface area contributed by atoms with Gasteiger partial charge in [-0.25, -0.2) is 0 Å². The molecule has 0 aromatic heterocycles. The van der Waals surface area contributed by atoms with Crippen molar-refractivity contribution in [3.8, 4) is 5.75 Å². The van der Waals surface area contributed by atoms with Crippen molar-refractivity contribution in [1.82, 2.24) is 0 Å². The number of benzene rings is 1. The average molecular weight is 469 g/mol. The van der Waals surface area contributed by atoms with Gasteiger partial charge in [-0.05, 0) is 0 Å². The van der Waals surface area contributed by atoms with Gasteiger partial charge in [0.05, 0.1) is 0 Å². The molecule has 0 aliphatic carbocycles. The fraction of sp³-hybridized carbons (Fsp3) is 0.682. The Balaban J connectivity index is 2.95. The number of hydrogen-bond donors (Lipinski definition) is 0. The van der Waals surface area contributed by atoms with Crippen LogP contribution in [-0.2, 0) is 9.53 Å². The molecule has 0 spiro atoms. The van der Waals surface area contributed by atoms with Gasteiger partial charge in [0, 0.05) is 0 Å². The molecule has 148 valence electrons. The summed E-state index contributed by atoms with van der Waals surface area (Å²) >= 11 is -2.40. The van der Waals surface area contributed by atoms with Crippen molar-refractivity contribution in [2.45, 2.75) is 79.5 Å². The zero-order chi connectivity index (χ0) is 19.3. The summed E-state index contributed by atoms with van der Waals surface area (Å²) in [6.07, 6.45) is 7.95. The van der Waals surface area contributed by atoms with Crippen molar-refractivity contribution in [2.24, 2.45) is 0 Å². The first-order valence-electron chi connectivity index (χ1n) is 10.4. The Labute approximate surface area is 164 Å². The Bertz CT molecular complexity index is 494. The van der Waals surface area contributed by atoms with Gasteiger partial charge in [0.15, 0.2) is 0 Å². The monoisotopic (exact) mass is 470 g/mol. The molecule has 1 aromatic carbocycles. The number of rotatable bonds is 14. The van der Waals surface area contributed by atoms with Crippen LogP contribution in [0.3, 0.4) is 0 Å². The maximum atomic E-state index is 10.9. The molecule has 1 rings (SSSR count). The van der Waals surface area contributed by atoms with E-state index in [0.29, 0.717) is 13.2 Å². The van der Waals surface area contributed by atoms with Crippen LogP contribution in [0.15, 0.2) is 24.3 Å². The molecule has 0 saturated heterocycles. The van der Waals surface area contributed by atoms with Crippen molar-refractivity contribution in [1.29, 1.82) is 0 Å². The summed E-state index contributed by atoms with van der Waals surface area (Å²) in [6, 6.07) is 8.88. The molecule has 0 saturated carbocycles. The molecule has 26 heavy (non-hydrogen) atoms. The SMILES string of the molecule is CCC[CH2][Sn]([CH2]CCC)([CH2]CCC)[c]1cccc(OCCOC(C)=O)c1. The minimum atomic E-state index is -2.40. The van der Waals surface area contributed by atoms with Crippen molar-refractivity contribution >= 4 is 27.9 Å². The summed E-state index contributed by atoms with van der Waals surface area (Å²) in [5, 5.41) is 0. The number of unbranched alkanes of at least 4 members (excludes halogenated alkanes) is 3. The van der Waals surface area contributed by atoms with Gasteiger partial charge >= 0.3 is 165 Å². The van der Waals surface area contributed by atoms with Gasteiger partial charge in [-0.2, -0.15) is 0 Å². The minimum absolute atomic E-state index is 0.253. The van der Waals surface area contributed by atoms with E-state index in [1.54, 1.807) is 3.58 Å². The van der Waals surface area contributed by atoms with E-state index in [0.717, 1.165) is 5.75 Å². The van der Waals surface area contributed by atoms with Crippen molar-refractivity contribution in [3.05, 3.63) is 24.3 Å².